The number of aliphatic hydroxyl groups excluding tert-OH is 1. The van der Waals surface area contributed by atoms with Gasteiger partial charge in [0.25, 0.3) is 0 Å². The smallest absolute Gasteiger partial charge is 0.223 e. The summed E-state index contributed by atoms with van der Waals surface area (Å²) >= 11 is 0. The molecule has 0 radical (unpaired) electrons. The summed E-state index contributed by atoms with van der Waals surface area (Å²) in [5.74, 6) is 0.411. The first-order chi connectivity index (χ1) is 10.3. The van der Waals surface area contributed by atoms with Crippen LogP contribution in [0, 0.1) is 5.92 Å². The number of hydrogen-bond acceptors (Lipinski definition) is 3. The average Bonchev–Trinajstić information content (AvgIpc) is 2.55. The number of carbonyl (C=O) groups is 1. The maximum absolute atomic E-state index is 11.9. The molecule has 0 bridgehead atoms. The van der Waals surface area contributed by atoms with E-state index < -0.39 is 6.10 Å². The Morgan fingerprint density at radius 1 is 1.14 bits per heavy atom. The summed E-state index contributed by atoms with van der Waals surface area (Å²) < 4.78 is 0. The van der Waals surface area contributed by atoms with Crippen molar-refractivity contribution in [2.45, 2.75) is 38.2 Å². The van der Waals surface area contributed by atoms with Gasteiger partial charge in [0.2, 0.25) is 5.91 Å². The quantitative estimate of drug-likeness (QED) is 0.674. The SMILES string of the molecule is Cl.O=C(NCCNCC(O)c1ccccc1)C1CCCCC1. The van der Waals surface area contributed by atoms with Crippen LogP contribution in [0.5, 0.6) is 0 Å². The van der Waals surface area contributed by atoms with Crippen LogP contribution in [0.3, 0.4) is 0 Å². The van der Waals surface area contributed by atoms with Gasteiger partial charge in [-0.15, -0.1) is 12.4 Å². The first-order valence-electron chi connectivity index (χ1n) is 7.99. The molecule has 2 rings (SSSR count). The number of benzene rings is 1. The van der Waals surface area contributed by atoms with Crippen molar-refractivity contribution < 1.29 is 9.90 Å². The molecule has 5 heteroatoms. The fourth-order valence-electron chi connectivity index (χ4n) is 2.82. The Labute approximate surface area is 139 Å². The van der Waals surface area contributed by atoms with Crippen molar-refractivity contribution in [3.63, 3.8) is 0 Å². The van der Waals surface area contributed by atoms with Crippen molar-refractivity contribution in [3.8, 4) is 0 Å². The topological polar surface area (TPSA) is 61.4 Å². The van der Waals surface area contributed by atoms with Gasteiger partial charge in [0, 0.05) is 25.6 Å². The summed E-state index contributed by atoms with van der Waals surface area (Å²) in [7, 11) is 0. The van der Waals surface area contributed by atoms with Crippen LogP contribution in [0.4, 0.5) is 0 Å². The third-order valence-electron chi connectivity index (χ3n) is 4.10. The second kappa shape index (κ2) is 10.6. The maximum Gasteiger partial charge on any atom is 0.223 e. The van der Waals surface area contributed by atoms with Gasteiger partial charge in [0.1, 0.15) is 0 Å². The molecule has 0 saturated heterocycles. The van der Waals surface area contributed by atoms with Gasteiger partial charge in [-0.25, -0.2) is 0 Å². The largest absolute Gasteiger partial charge is 0.387 e. The van der Waals surface area contributed by atoms with Crippen molar-refractivity contribution in [1.29, 1.82) is 0 Å². The molecule has 1 aromatic rings. The van der Waals surface area contributed by atoms with Crippen LogP contribution in [-0.2, 0) is 4.79 Å². The van der Waals surface area contributed by atoms with Gasteiger partial charge in [0.15, 0.2) is 0 Å². The van der Waals surface area contributed by atoms with E-state index in [0.717, 1.165) is 18.4 Å². The van der Waals surface area contributed by atoms with Gasteiger partial charge >= 0.3 is 0 Å². The normalized spacial score (nSPS) is 16.6. The fourth-order valence-corrected chi connectivity index (χ4v) is 2.82. The molecule has 1 saturated carbocycles. The number of amides is 1. The molecule has 0 aliphatic heterocycles. The number of hydrogen-bond donors (Lipinski definition) is 3. The highest BCUT2D eigenvalue weighted by Crippen LogP contribution is 2.23. The maximum atomic E-state index is 11.9. The molecule has 1 aliphatic carbocycles. The van der Waals surface area contributed by atoms with Crippen molar-refractivity contribution in [1.82, 2.24) is 10.6 Å². The second-order valence-electron chi connectivity index (χ2n) is 5.76. The van der Waals surface area contributed by atoms with Crippen molar-refractivity contribution >= 4 is 18.3 Å². The zero-order chi connectivity index (χ0) is 14.9. The molecular formula is C17H27ClN2O2. The first-order valence-corrected chi connectivity index (χ1v) is 7.99. The summed E-state index contributed by atoms with van der Waals surface area (Å²) in [5, 5.41) is 16.1. The predicted octanol–water partition coefficient (Wildman–Crippen LogP) is 2.43. The highest BCUT2D eigenvalue weighted by Gasteiger charge is 2.20. The minimum absolute atomic E-state index is 0. The zero-order valence-electron chi connectivity index (χ0n) is 13.0. The number of aliphatic hydroxyl groups is 1. The lowest BCUT2D eigenvalue weighted by Gasteiger charge is -2.20. The van der Waals surface area contributed by atoms with Gasteiger partial charge in [-0.1, -0.05) is 49.6 Å². The van der Waals surface area contributed by atoms with Crippen LogP contribution in [0.15, 0.2) is 30.3 Å². The van der Waals surface area contributed by atoms with E-state index in [0.29, 0.717) is 19.6 Å². The molecule has 4 nitrogen and oxygen atoms in total. The highest BCUT2D eigenvalue weighted by atomic mass is 35.5. The van der Waals surface area contributed by atoms with Gasteiger partial charge < -0.3 is 15.7 Å². The van der Waals surface area contributed by atoms with E-state index >= 15 is 0 Å². The van der Waals surface area contributed by atoms with E-state index in [9.17, 15) is 9.90 Å². The van der Waals surface area contributed by atoms with Gasteiger partial charge in [-0.05, 0) is 18.4 Å². The van der Waals surface area contributed by atoms with Gasteiger partial charge in [-0.3, -0.25) is 4.79 Å². The lowest BCUT2D eigenvalue weighted by Crippen LogP contribution is -2.37. The number of nitrogens with one attached hydrogen (secondary N) is 2. The number of halogens is 1. The first kappa shape index (κ1) is 18.9. The Hall–Kier alpha value is -1.10. The molecule has 1 unspecified atom stereocenters. The van der Waals surface area contributed by atoms with E-state index in [1.165, 1.54) is 19.3 Å². The van der Waals surface area contributed by atoms with Crippen LogP contribution in [0.25, 0.3) is 0 Å². The molecule has 0 spiro atoms. The van der Waals surface area contributed by atoms with Crippen LogP contribution in [0.1, 0.15) is 43.8 Å². The number of carbonyl (C=O) groups excluding carboxylic acids is 1. The molecule has 22 heavy (non-hydrogen) atoms. The van der Waals surface area contributed by atoms with Crippen LogP contribution < -0.4 is 10.6 Å². The number of rotatable bonds is 7. The Morgan fingerprint density at radius 3 is 2.50 bits per heavy atom. The Balaban J connectivity index is 0.00000242. The highest BCUT2D eigenvalue weighted by molar-refractivity contribution is 5.85. The van der Waals surface area contributed by atoms with Gasteiger partial charge in [-0.2, -0.15) is 0 Å². The van der Waals surface area contributed by atoms with E-state index in [4.69, 9.17) is 0 Å². The Morgan fingerprint density at radius 2 is 1.82 bits per heavy atom. The zero-order valence-corrected chi connectivity index (χ0v) is 13.8. The molecule has 1 aliphatic rings. The third-order valence-corrected chi connectivity index (χ3v) is 4.10. The molecule has 1 amide bonds. The minimum atomic E-state index is -0.500. The molecule has 0 aromatic heterocycles. The average molecular weight is 327 g/mol. The molecular weight excluding hydrogens is 300 g/mol. The van der Waals surface area contributed by atoms with Crippen molar-refractivity contribution in [3.05, 3.63) is 35.9 Å². The van der Waals surface area contributed by atoms with Crippen LogP contribution in [-0.4, -0.2) is 30.6 Å². The Bertz CT molecular complexity index is 422. The van der Waals surface area contributed by atoms with Crippen LogP contribution >= 0.6 is 12.4 Å². The third kappa shape index (κ3) is 6.34. The molecule has 1 atom stereocenters. The predicted molar refractivity (Wildman–Crippen MR) is 91.1 cm³/mol. The summed E-state index contributed by atoms with van der Waals surface area (Å²) in [5.41, 5.74) is 0.913. The van der Waals surface area contributed by atoms with Crippen molar-refractivity contribution in [2.24, 2.45) is 5.92 Å². The minimum Gasteiger partial charge on any atom is -0.387 e. The van der Waals surface area contributed by atoms with E-state index in [-0.39, 0.29) is 24.2 Å². The van der Waals surface area contributed by atoms with E-state index in [1.807, 2.05) is 30.3 Å². The monoisotopic (exact) mass is 326 g/mol. The lowest BCUT2D eigenvalue weighted by molar-refractivity contribution is -0.125. The molecule has 1 aromatic carbocycles. The Kier molecular flexibility index (Phi) is 9.13. The van der Waals surface area contributed by atoms with Gasteiger partial charge in [0.05, 0.1) is 6.10 Å². The summed E-state index contributed by atoms with van der Waals surface area (Å²) in [6.45, 7) is 1.81. The lowest BCUT2D eigenvalue weighted by atomic mass is 9.89. The standard InChI is InChI=1S/C17H26N2O2.ClH/c20-16(14-7-3-1-4-8-14)13-18-11-12-19-17(21)15-9-5-2-6-10-15;/h1,3-4,7-8,15-16,18,20H,2,5-6,9-13H2,(H,19,21);1H. The fraction of sp³-hybridized carbons (Fsp3) is 0.588. The van der Waals surface area contributed by atoms with Crippen molar-refractivity contribution in [2.75, 3.05) is 19.6 Å². The second-order valence-corrected chi connectivity index (χ2v) is 5.76. The van der Waals surface area contributed by atoms with Crippen LogP contribution in [0.2, 0.25) is 0 Å². The van der Waals surface area contributed by atoms with E-state index in [1.54, 1.807) is 0 Å². The summed E-state index contributed by atoms with van der Waals surface area (Å²) in [6.07, 6.45) is 5.19. The summed E-state index contributed by atoms with van der Waals surface area (Å²) in [6, 6.07) is 9.60. The molecule has 3 N–H and O–H groups in total. The summed E-state index contributed by atoms with van der Waals surface area (Å²) in [4.78, 5) is 11.9. The molecule has 0 heterocycles. The molecule has 1 fully saturated rings. The van der Waals surface area contributed by atoms with E-state index in [2.05, 4.69) is 10.6 Å². The molecule has 124 valence electrons.